The van der Waals surface area contributed by atoms with Gasteiger partial charge in [0, 0.05) is 0 Å². The second kappa shape index (κ2) is 4.12. The third kappa shape index (κ3) is 1.78. The van der Waals surface area contributed by atoms with Crippen LogP contribution in [0, 0.1) is 11.8 Å². The molecule has 2 heterocycles. The lowest BCUT2D eigenvalue weighted by Gasteiger charge is -2.12. The summed E-state index contributed by atoms with van der Waals surface area (Å²) in [6, 6.07) is 0. The summed E-state index contributed by atoms with van der Waals surface area (Å²) in [6.45, 7) is 0.657. The second-order valence-corrected chi connectivity index (χ2v) is 3.19. The molecule has 0 amide bonds. The van der Waals surface area contributed by atoms with Crippen molar-refractivity contribution in [1.82, 2.24) is 9.97 Å². The van der Waals surface area contributed by atoms with Gasteiger partial charge < -0.3 is 21.1 Å². The Kier molecular flexibility index (Phi) is 2.66. The van der Waals surface area contributed by atoms with Gasteiger partial charge in [-0.1, -0.05) is 11.8 Å². The maximum absolute atomic E-state index is 11.5. The predicted octanol–water partition coefficient (Wildman–Crippen LogP) is -1.46. The maximum atomic E-state index is 11.5. The highest BCUT2D eigenvalue weighted by atomic mass is 16.2. The van der Waals surface area contributed by atoms with Crippen LogP contribution in [0.3, 0.4) is 0 Å². The van der Waals surface area contributed by atoms with Crippen LogP contribution in [0.4, 0.5) is 17.5 Å². The molecule has 0 saturated heterocycles. The molecule has 0 aliphatic carbocycles. The number of aromatic amines is 1. The van der Waals surface area contributed by atoms with E-state index in [1.165, 1.54) is 0 Å². The highest BCUT2D eigenvalue weighted by Gasteiger charge is 2.22. The first kappa shape index (κ1) is 10.3. The molecule has 0 aromatic carbocycles. The summed E-state index contributed by atoms with van der Waals surface area (Å²) in [5.74, 6) is 5.85. The predicted molar refractivity (Wildman–Crippen MR) is 60.0 cm³/mol. The van der Waals surface area contributed by atoms with Gasteiger partial charge >= 0.3 is 0 Å². The zero-order valence-corrected chi connectivity index (χ0v) is 8.45. The molecule has 0 atom stereocenters. The summed E-state index contributed by atoms with van der Waals surface area (Å²) >= 11 is 0. The quantitative estimate of drug-likeness (QED) is 0.432. The van der Waals surface area contributed by atoms with E-state index in [1.807, 2.05) is 0 Å². The molecule has 1 aliphatic heterocycles. The Morgan fingerprint density at radius 3 is 3.12 bits per heavy atom. The molecular formula is C9H11N5O2. The number of rotatable bonds is 1. The number of H-pyrrole nitrogens is 1. The van der Waals surface area contributed by atoms with Gasteiger partial charge in [-0.25, -0.2) is 0 Å². The van der Waals surface area contributed by atoms with Gasteiger partial charge in [0.1, 0.15) is 12.3 Å². The summed E-state index contributed by atoms with van der Waals surface area (Å²) < 4.78 is 0. The minimum Gasteiger partial charge on any atom is -0.384 e. The molecule has 1 aromatic rings. The normalized spacial score (nSPS) is 12.7. The molecular weight excluding hydrogens is 210 g/mol. The van der Waals surface area contributed by atoms with Crippen LogP contribution in [-0.4, -0.2) is 34.9 Å². The third-order valence-electron chi connectivity index (χ3n) is 2.14. The molecule has 0 saturated carbocycles. The van der Waals surface area contributed by atoms with Crippen LogP contribution in [0.15, 0.2) is 4.79 Å². The van der Waals surface area contributed by atoms with E-state index >= 15 is 0 Å². The van der Waals surface area contributed by atoms with Gasteiger partial charge in [0.2, 0.25) is 5.95 Å². The number of anilines is 3. The van der Waals surface area contributed by atoms with E-state index in [0.29, 0.717) is 24.7 Å². The summed E-state index contributed by atoms with van der Waals surface area (Å²) in [7, 11) is 0. The molecule has 0 unspecified atom stereocenters. The van der Waals surface area contributed by atoms with E-state index in [2.05, 4.69) is 27.1 Å². The number of nitrogens with one attached hydrogen (secondary N) is 2. The lowest BCUT2D eigenvalue weighted by Crippen LogP contribution is -2.23. The van der Waals surface area contributed by atoms with E-state index in [9.17, 15) is 4.79 Å². The first-order valence-electron chi connectivity index (χ1n) is 4.67. The average molecular weight is 221 g/mol. The molecule has 0 bridgehead atoms. The van der Waals surface area contributed by atoms with Crippen molar-refractivity contribution in [2.45, 2.75) is 0 Å². The first-order valence-corrected chi connectivity index (χ1v) is 4.67. The third-order valence-corrected chi connectivity index (χ3v) is 2.14. The molecule has 2 rings (SSSR count). The van der Waals surface area contributed by atoms with Gasteiger partial charge in [-0.2, -0.15) is 4.98 Å². The molecule has 16 heavy (non-hydrogen) atoms. The largest absolute Gasteiger partial charge is 0.384 e. The number of aliphatic hydroxyl groups excluding tert-OH is 1. The number of nitrogens with two attached hydrogens (primary N) is 1. The SMILES string of the molecule is Nc1nc2c(c(=O)[nH]1)NCN2CC#CCO. The van der Waals surface area contributed by atoms with Gasteiger partial charge in [-0.15, -0.1) is 0 Å². The van der Waals surface area contributed by atoms with Crippen LogP contribution in [0.5, 0.6) is 0 Å². The molecule has 1 aliphatic rings. The van der Waals surface area contributed by atoms with Crippen molar-refractivity contribution in [2.24, 2.45) is 0 Å². The van der Waals surface area contributed by atoms with Crippen molar-refractivity contribution in [3.8, 4) is 11.8 Å². The summed E-state index contributed by atoms with van der Waals surface area (Å²) in [5.41, 5.74) is 5.56. The van der Waals surface area contributed by atoms with Crippen molar-refractivity contribution >= 4 is 17.5 Å². The fourth-order valence-electron chi connectivity index (χ4n) is 1.45. The Bertz CT molecular complexity index is 513. The van der Waals surface area contributed by atoms with E-state index < -0.39 is 0 Å². The van der Waals surface area contributed by atoms with Crippen molar-refractivity contribution < 1.29 is 5.11 Å². The van der Waals surface area contributed by atoms with E-state index in [0.717, 1.165) is 0 Å². The van der Waals surface area contributed by atoms with Crippen LogP contribution in [0.25, 0.3) is 0 Å². The maximum Gasteiger partial charge on any atom is 0.277 e. The number of hydrogen-bond donors (Lipinski definition) is 4. The lowest BCUT2D eigenvalue weighted by molar-refractivity contribution is 0.350. The Labute approximate surface area is 91.3 Å². The van der Waals surface area contributed by atoms with E-state index in [4.69, 9.17) is 10.8 Å². The van der Waals surface area contributed by atoms with Crippen molar-refractivity contribution in [1.29, 1.82) is 0 Å². The van der Waals surface area contributed by atoms with Crippen LogP contribution < -0.4 is 21.5 Å². The minimum atomic E-state index is -0.292. The number of fused-ring (bicyclic) bond motifs is 1. The van der Waals surface area contributed by atoms with E-state index in [1.54, 1.807) is 4.90 Å². The molecule has 1 aromatic heterocycles. The summed E-state index contributed by atoms with van der Waals surface area (Å²) in [4.78, 5) is 19.7. The smallest absolute Gasteiger partial charge is 0.277 e. The van der Waals surface area contributed by atoms with Crippen molar-refractivity contribution in [3.63, 3.8) is 0 Å². The molecule has 0 spiro atoms. The number of aromatic nitrogens is 2. The van der Waals surface area contributed by atoms with Crippen molar-refractivity contribution in [2.75, 3.05) is 35.8 Å². The topological polar surface area (TPSA) is 107 Å². The molecule has 0 radical (unpaired) electrons. The second-order valence-electron chi connectivity index (χ2n) is 3.19. The lowest BCUT2D eigenvalue weighted by atomic mass is 10.4. The van der Waals surface area contributed by atoms with Gasteiger partial charge in [-0.3, -0.25) is 9.78 Å². The van der Waals surface area contributed by atoms with Gasteiger partial charge in [0.25, 0.3) is 5.56 Å². The summed E-state index contributed by atoms with van der Waals surface area (Å²) in [6.07, 6.45) is 0. The first-order chi connectivity index (χ1) is 7.72. The van der Waals surface area contributed by atoms with Crippen LogP contribution in [-0.2, 0) is 0 Å². The number of hydrogen-bond acceptors (Lipinski definition) is 6. The van der Waals surface area contributed by atoms with Gasteiger partial charge in [0.05, 0.1) is 13.2 Å². The van der Waals surface area contributed by atoms with E-state index in [-0.39, 0.29) is 18.1 Å². The Morgan fingerprint density at radius 1 is 1.56 bits per heavy atom. The van der Waals surface area contributed by atoms with Crippen LogP contribution >= 0.6 is 0 Å². The molecule has 0 fully saturated rings. The fraction of sp³-hybridized carbons (Fsp3) is 0.333. The average Bonchev–Trinajstić information content (AvgIpc) is 2.62. The van der Waals surface area contributed by atoms with Crippen LogP contribution in [0.1, 0.15) is 0 Å². The molecule has 84 valence electrons. The standard InChI is InChI=1S/C9H11N5O2/c10-9-12-7-6(8(16)13-9)11-5-14(7)3-1-2-4-15/h11,15H,3-5H2,(H3,10,12,13,16). The van der Waals surface area contributed by atoms with Crippen molar-refractivity contribution in [3.05, 3.63) is 10.4 Å². The monoisotopic (exact) mass is 221 g/mol. The summed E-state index contributed by atoms with van der Waals surface area (Å²) in [5, 5.41) is 11.4. The van der Waals surface area contributed by atoms with Gasteiger partial charge in [-0.05, 0) is 0 Å². The molecule has 5 N–H and O–H groups in total. The fourth-order valence-corrected chi connectivity index (χ4v) is 1.45. The van der Waals surface area contributed by atoms with Crippen LogP contribution in [0.2, 0.25) is 0 Å². The highest BCUT2D eigenvalue weighted by Crippen LogP contribution is 2.24. The number of aliphatic hydroxyl groups is 1. The Balaban J connectivity index is 2.29. The Morgan fingerprint density at radius 2 is 2.38 bits per heavy atom. The number of nitrogen functional groups attached to an aromatic ring is 1. The number of nitrogens with zero attached hydrogens (tertiary/aromatic N) is 2. The zero-order chi connectivity index (χ0) is 11.5. The molecule has 7 nitrogen and oxygen atoms in total. The molecule has 7 heteroatoms. The van der Waals surface area contributed by atoms with Gasteiger partial charge in [0.15, 0.2) is 5.82 Å². The highest BCUT2D eigenvalue weighted by molar-refractivity contribution is 5.71. The minimum absolute atomic E-state index is 0.0765. The Hall–Kier alpha value is -2.20. The zero-order valence-electron chi connectivity index (χ0n) is 8.45.